The summed E-state index contributed by atoms with van der Waals surface area (Å²) in [6.45, 7) is 4.09. The van der Waals surface area contributed by atoms with Crippen molar-refractivity contribution in [1.82, 2.24) is 0 Å². The van der Waals surface area contributed by atoms with Gasteiger partial charge in [-0.1, -0.05) is 13.8 Å². The van der Waals surface area contributed by atoms with Gasteiger partial charge in [0.25, 0.3) is 5.69 Å². The van der Waals surface area contributed by atoms with Gasteiger partial charge in [-0.3, -0.25) is 10.1 Å². The number of anilines is 1. The molecule has 0 aliphatic carbocycles. The van der Waals surface area contributed by atoms with Gasteiger partial charge in [-0.25, -0.2) is 0 Å². The summed E-state index contributed by atoms with van der Waals surface area (Å²) < 4.78 is 0.604. The Morgan fingerprint density at radius 3 is 2.63 bits per heavy atom. The van der Waals surface area contributed by atoms with Crippen molar-refractivity contribution in [2.45, 2.75) is 25.9 Å². The second kappa shape index (κ2) is 7.07. The smallest absolute Gasteiger partial charge is 0.293 e. The molecule has 0 fully saturated rings. The summed E-state index contributed by atoms with van der Waals surface area (Å²) in [4.78, 5) is 10.7. The Morgan fingerprint density at radius 2 is 2.16 bits per heavy atom. The predicted octanol–water partition coefficient (Wildman–Crippen LogP) is 3.49. The van der Waals surface area contributed by atoms with Crippen molar-refractivity contribution in [2.24, 2.45) is 0 Å². The number of rotatable bonds is 6. The summed E-state index contributed by atoms with van der Waals surface area (Å²) in [6, 6.07) is 3.39. The van der Waals surface area contributed by atoms with Crippen LogP contribution in [-0.4, -0.2) is 28.6 Å². The molecule has 106 valence electrons. The van der Waals surface area contributed by atoms with E-state index in [1.165, 1.54) is 0 Å². The molecule has 0 bridgehead atoms. The molecule has 19 heavy (non-hydrogen) atoms. The molecule has 1 aromatic rings. The minimum atomic E-state index is -0.752. The van der Waals surface area contributed by atoms with Crippen molar-refractivity contribution >= 4 is 38.9 Å². The summed E-state index contributed by atoms with van der Waals surface area (Å²) in [5.41, 5.74) is 1.22. The van der Waals surface area contributed by atoms with Crippen molar-refractivity contribution in [1.29, 1.82) is 0 Å². The van der Waals surface area contributed by atoms with Crippen molar-refractivity contribution in [3.05, 3.63) is 32.3 Å². The Morgan fingerprint density at radius 1 is 1.53 bits per heavy atom. The fraction of sp³-hybridized carbons (Fsp3) is 0.500. The van der Waals surface area contributed by atoms with E-state index >= 15 is 0 Å². The molecule has 5 nitrogen and oxygen atoms in total. The van der Waals surface area contributed by atoms with Crippen LogP contribution in [0.1, 0.15) is 25.3 Å². The lowest BCUT2D eigenvalue weighted by Crippen LogP contribution is -2.21. The molecule has 0 saturated heterocycles. The van der Waals surface area contributed by atoms with Gasteiger partial charge in [-0.05, 0) is 33.5 Å². The number of alkyl halides is 1. The standard InChI is InChI=1S/C12H16BrClN2O3/c1-7(2)8-3-10(13)12(11(4-8)16(18)19)15-6-9(17)5-14/h3-4,7,9,15,17H,5-6H2,1-2H3. The minimum absolute atomic E-state index is 0.0140. The molecule has 1 unspecified atom stereocenters. The highest BCUT2D eigenvalue weighted by molar-refractivity contribution is 9.10. The largest absolute Gasteiger partial charge is 0.390 e. The van der Waals surface area contributed by atoms with Crippen LogP contribution < -0.4 is 5.32 Å². The molecule has 7 heteroatoms. The summed E-state index contributed by atoms with van der Waals surface area (Å²) >= 11 is 8.82. The average Bonchev–Trinajstić information content (AvgIpc) is 2.35. The minimum Gasteiger partial charge on any atom is -0.390 e. The quantitative estimate of drug-likeness (QED) is 0.467. The first-order chi connectivity index (χ1) is 8.86. The summed E-state index contributed by atoms with van der Waals surface area (Å²) in [7, 11) is 0. The Balaban J connectivity index is 3.11. The molecule has 0 heterocycles. The topological polar surface area (TPSA) is 75.4 Å². The van der Waals surface area contributed by atoms with E-state index < -0.39 is 11.0 Å². The summed E-state index contributed by atoms with van der Waals surface area (Å²) in [5, 5.41) is 23.4. The van der Waals surface area contributed by atoms with Crippen molar-refractivity contribution < 1.29 is 10.0 Å². The molecular weight excluding hydrogens is 336 g/mol. The van der Waals surface area contributed by atoms with Crippen LogP contribution in [0.15, 0.2) is 16.6 Å². The SMILES string of the molecule is CC(C)c1cc(Br)c(NCC(O)CCl)c([N+](=O)[O-])c1. The molecule has 1 atom stereocenters. The van der Waals surface area contributed by atoms with Gasteiger partial charge in [0.05, 0.1) is 16.9 Å². The zero-order chi connectivity index (χ0) is 14.6. The number of benzene rings is 1. The van der Waals surface area contributed by atoms with Gasteiger partial charge in [-0.2, -0.15) is 0 Å². The first kappa shape index (κ1) is 16.2. The van der Waals surface area contributed by atoms with Gasteiger partial charge < -0.3 is 10.4 Å². The van der Waals surface area contributed by atoms with Gasteiger partial charge >= 0.3 is 0 Å². The zero-order valence-corrected chi connectivity index (χ0v) is 13.0. The molecule has 0 radical (unpaired) electrons. The lowest BCUT2D eigenvalue weighted by molar-refractivity contribution is -0.384. The molecule has 0 aliphatic heterocycles. The normalized spacial score (nSPS) is 12.5. The van der Waals surface area contributed by atoms with Crippen molar-refractivity contribution in [3.63, 3.8) is 0 Å². The van der Waals surface area contributed by atoms with Crippen LogP contribution in [-0.2, 0) is 0 Å². The second-order valence-corrected chi connectivity index (χ2v) is 5.66. The number of nitrogens with one attached hydrogen (secondary N) is 1. The molecule has 1 aromatic carbocycles. The predicted molar refractivity (Wildman–Crippen MR) is 80.1 cm³/mol. The summed E-state index contributed by atoms with van der Waals surface area (Å²) in [6.07, 6.45) is -0.752. The van der Waals surface area contributed by atoms with Crippen LogP contribution in [0.3, 0.4) is 0 Å². The molecule has 0 aromatic heterocycles. The van der Waals surface area contributed by atoms with Crippen molar-refractivity contribution in [2.75, 3.05) is 17.7 Å². The third-order valence-electron chi connectivity index (χ3n) is 2.65. The van der Waals surface area contributed by atoms with Crippen LogP contribution in [0.5, 0.6) is 0 Å². The lowest BCUT2D eigenvalue weighted by Gasteiger charge is -2.14. The van der Waals surface area contributed by atoms with E-state index in [4.69, 9.17) is 11.6 Å². The number of hydrogen-bond donors (Lipinski definition) is 2. The number of nitro groups is 1. The molecule has 2 N–H and O–H groups in total. The van der Waals surface area contributed by atoms with E-state index in [0.29, 0.717) is 10.2 Å². The van der Waals surface area contributed by atoms with E-state index in [2.05, 4.69) is 21.2 Å². The van der Waals surface area contributed by atoms with E-state index in [-0.39, 0.29) is 24.0 Å². The number of nitrogens with zero attached hydrogens (tertiary/aromatic N) is 1. The average molecular weight is 352 g/mol. The highest BCUT2D eigenvalue weighted by Crippen LogP contribution is 2.36. The van der Waals surface area contributed by atoms with E-state index in [9.17, 15) is 15.2 Å². The molecule has 0 amide bonds. The number of aliphatic hydroxyl groups excluding tert-OH is 1. The van der Waals surface area contributed by atoms with Gasteiger partial charge in [0.2, 0.25) is 0 Å². The molecule has 0 spiro atoms. The highest BCUT2D eigenvalue weighted by Gasteiger charge is 2.20. The lowest BCUT2D eigenvalue weighted by atomic mass is 10.0. The van der Waals surface area contributed by atoms with Crippen LogP contribution in [0.4, 0.5) is 11.4 Å². The number of nitro benzene ring substituents is 1. The second-order valence-electron chi connectivity index (χ2n) is 4.50. The maximum Gasteiger partial charge on any atom is 0.293 e. The van der Waals surface area contributed by atoms with Crippen LogP contribution in [0, 0.1) is 10.1 Å². The van der Waals surface area contributed by atoms with Crippen LogP contribution >= 0.6 is 27.5 Å². The first-order valence-corrected chi connectivity index (χ1v) is 7.15. The molecule has 0 aliphatic rings. The van der Waals surface area contributed by atoms with E-state index in [0.717, 1.165) is 5.56 Å². The van der Waals surface area contributed by atoms with Gasteiger partial charge in [0, 0.05) is 17.1 Å². The first-order valence-electron chi connectivity index (χ1n) is 5.82. The highest BCUT2D eigenvalue weighted by atomic mass is 79.9. The number of halogens is 2. The Hall–Kier alpha value is -0.850. The van der Waals surface area contributed by atoms with Crippen LogP contribution in [0.25, 0.3) is 0 Å². The van der Waals surface area contributed by atoms with Gasteiger partial charge in [0.1, 0.15) is 5.69 Å². The fourth-order valence-corrected chi connectivity index (χ4v) is 2.26. The monoisotopic (exact) mass is 350 g/mol. The van der Waals surface area contributed by atoms with Crippen molar-refractivity contribution in [3.8, 4) is 0 Å². The third kappa shape index (κ3) is 4.33. The molecule has 1 rings (SSSR count). The molecule has 0 saturated carbocycles. The summed E-state index contributed by atoms with van der Waals surface area (Å²) in [5.74, 6) is 0.264. The van der Waals surface area contributed by atoms with E-state index in [1.54, 1.807) is 6.07 Å². The Bertz CT molecular complexity index is 469. The van der Waals surface area contributed by atoms with Gasteiger partial charge in [-0.15, -0.1) is 11.6 Å². The van der Waals surface area contributed by atoms with Gasteiger partial charge in [0.15, 0.2) is 0 Å². The fourth-order valence-electron chi connectivity index (χ4n) is 1.54. The maximum atomic E-state index is 11.1. The number of hydrogen-bond acceptors (Lipinski definition) is 4. The van der Waals surface area contributed by atoms with E-state index in [1.807, 2.05) is 19.9 Å². The Kier molecular flexibility index (Phi) is 6.03. The number of aliphatic hydroxyl groups is 1. The van der Waals surface area contributed by atoms with Crippen LogP contribution in [0.2, 0.25) is 0 Å². The Labute approximate surface area is 125 Å². The maximum absolute atomic E-state index is 11.1. The molecular formula is C12H16BrClN2O3. The third-order valence-corrected chi connectivity index (χ3v) is 3.63. The zero-order valence-electron chi connectivity index (χ0n) is 10.7.